The van der Waals surface area contributed by atoms with Crippen molar-refractivity contribution in [1.29, 1.82) is 0 Å². The first-order valence-corrected chi connectivity index (χ1v) is 12.1. The molecule has 0 aliphatic heterocycles. The predicted octanol–water partition coefficient (Wildman–Crippen LogP) is 5.98. The number of nitrogens with two attached hydrogens (primary N) is 1. The summed E-state index contributed by atoms with van der Waals surface area (Å²) in [5.41, 5.74) is 10.8. The van der Waals surface area contributed by atoms with Crippen LogP contribution >= 0.6 is 11.3 Å². The molecule has 2 aromatic carbocycles. The number of ether oxygens (including phenoxy) is 1. The van der Waals surface area contributed by atoms with E-state index in [1.165, 1.54) is 17.0 Å². The Kier molecular flexibility index (Phi) is 4.93. The molecule has 3 aromatic heterocycles. The van der Waals surface area contributed by atoms with E-state index in [2.05, 4.69) is 9.84 Å². The Bertz CT molecular complexity index is 1680. The summed E-state index contributed by atoms with van der Waals surface area (Å²) in [6.07, 6.45) is 4.15. The Morgan fingerprint density at radius 3 is 2.69 bits per heavy atom. The number of hydrogen-bond acceptors (Lipinski definition) is 5. The van der Waals surface area contributed by atoms with Crippen molar-refractivity contribution in [3.63, 3.8) is 0 Å². The Morgan fingerprint density at radius 1 is 1.17 bits per heavy atom. The topological polar surface area (TPSA) is 75.1 Å². The summed E-state index contributed by atoms with van der Waals surface area (Å²) in [7, 11) is 1.85. The van der Waals surface area contributed by atoms with Gasteiger partial charge in [-0.15, -0.1) is 11.3 Å². The number of fused-ring (bicyclic) bond motifs is 2. The fraction of sp³-hybridized carbons (Fsp3) is 0.231. The lowest BCUT2D eigenvalue weighted by atomic mass is 10.0. The summed E-state index contributed by atoms with van der Waals surface area (Å²) in [5.74, 6) is 0.542. The first kappa shape index (κ1) is 21.8. The number of aryl methyl sites for hydroxylation is 2. The van der Waals surface area contributed by atoms with Crippen LogP contribution in [0.1, 0.15) is 29.2 Å². The van der Waals surface area contributed by atoms with Crippen molar-refractivity contribution in [3.05, 3.63) is 69.5 Å². The molecule has 0 bridgehead atoms. The van der Waals surface area contributed by atoms with Crippen molar-refractivity contribution >= 4 is 38.1 Å². The lowest BCUT2D eigenvalue weighted by Gasteiger charge is -2.16. The number of nitrogens with zero attached hydrogens (tertiary/aromatic N) is 3. The molecule has 0 spiro atoms. The van der Waals surface area contributed by atoms with Gasteiger partial charge in [-0.05, 0) is 73.2 Å². The minimum Gasteiger partial charge on any atom is -0.435 e. The first-order chi connectivity index (χ1) is 16.8. The maximum Gasteiger partial charge on any atom is 0.387 e. The molecule has 35 heavy (non-hydrogen) atoms. The van der Waals surface area contributed by atoms with E-state index in [0.29, 0.717) is 34.0 Å². The smallest absolute Gasteiger partial charge is 0.387 e. The van der Waals surface area contributed by atoms with Gasteiger partial charge in [0.15, 0.2) is 0 Å². The fourth-order valence-corrected chi connectivity index (χ4v) is 5.93. The molecule has 1 aliphatic carbocycles. The van der Waals surface area contributed by atoms with Crippen LogP contribution in [0.15, 0.2) is 53.5 Å². The normalized spacial score (nSPS) is 13.9. The highest BCUT2D eigenvalue weighted by Crippen LogP contribution is 2.47. The molecule has 0 amide bonds. The van der Waals surface area contributed by atoms with Gasteiger partial charge in [-0.2, -0.15) is 13.9 Å². The number of nitrogen functional groups attached to an aromatic ring is 1. The molecule has 178 valence electrons. The van der Waals surface area contributed by atoms with Crippen LogP contribution in [-0.2, 0) is 7.05 Å². The van der Waals surface area contributed by atoms with Gasteiger partial charge in [0.2, 0.25) is 0 Å². The molecule has 3 heterocycles. The molecule has 6 nitrogen and oxygen atoms in total. The van der Waals surface area contributed by atoms with E-state index in [0.717, 1.165) is 34.0 Å². The van der Waals surface area contributed by atoms with E-state index in [1.54, 1.807) is 33.6 Å². The second-order valence-electron chi connectivity index (χ2n) is 8.97. The minimum absolute atomic E-state index is 0.0484. The first-order valence-electron chi connectivity index (χ1n) is 11.3. The maximum atomic E-state index is 14.1. The monoisotopic (exact) mass is 492 g/mol. The lowest BCUT2D eigenvalue weighted by molar-refractivity contribution is -0.0498. The van der Waals surface area contributed by atoms with Gasteiger partial charge in [-0.3, -0.25) is 14.0 Å². The second-order valence-corrected chi connectivity index (χ2v) is 10.1. The summed E-state index contributed by atoms with van der Waals surface area (Å²) in [6, 6.07) is 12.3. The fourth-order valence-electron chi connectivity index (χ4n) is 4.66. The maximum absolute atomic E-state index is 14.1. The number of aromatic nitrogens is 3. The SMILES string of the molecule is Cc1cc(OC(F)F)ccc1-n1c(=O)c(-c2ccc3nn(C)cc3c2)c(N)c2sc(C3CC3)cc21. The molecule has 5 aromatic rings. The van der Waals surface area contributed by atoms with Gasteiger partial charge in [0.05, 0.1) is 32.7 Å². The molecule has 0 atom stereocenters. The van der Waals surface area contributed by atoms with Crippen molar-refractivity contribution in [2.45, 2.75) is 32.3 Å². The van der Waals surface area contributed by atoms with Gasteiger partial charge >= 0.3 is 6.61 Å². The molecular weight excluding hydrogens is 470 g/mol. The van der Waals surface area contributed by atoms with Gasteiger partial charge in [-0.1, -0.05) is 6.07 Å². The number of thiophene rings is 1. The summed E-state index contributed by atoms with van der Waals surface area (Å²) in [4.78, 5) is 15.3. The molecule has 0 radical (unpaired) electrons. The standard InChI is InChI=1S/C26H22F2N4O2S/c1-13-9-17(34-26(27)28)6-8-19(13)32-20-11-21(14-3-4-14)35-24(20)23(29)22(25(32)33)15-5-7-18-16(10-15)12-31(2)30-18/h5-12,14,26H,3-4,29H2,1-2H3. The Hall–Kier alpha value is -3.72. The van der Waals surface area contributed by atoms with Gasteiger partial charge in [0.25, 0.3) is 5.56 Å². The molecule has 0 saturated heterocycles. The van der Waals surface area contributed by atoms with E-state index in [-0.39, 0.29) is 11.3 Å². The summed E-state index contributed by atoms with van der Waals surface area (Å²) in [5, 5.41) is 5.32. The summed E-state index contributed by atoms with van der Waals surface area (Å²) < 4.78 is 34.3. The average molecular weight is 493 g/mol. The van der Waals surface area contributed by atoms with Crippen LogP contribution in [0.25, 0.3) is 37.9 Å². The number of halogens is 2. The van der Waals surface area contributed by atoms with Crippen LogP contribution in [0.4, 0.5) is 14.5 Å². The number of hydrogen-bond donors (Lipinski definition) is 1. The average Bonchev–Trinajstić information content (AvgIpc) is 3.44. The second kappa shape index (κ2) is 7.91. The molecule has 1 saturated carbocycles. The van der Waals surface area contributed by atoms with Crippen molar-refractivity contribution < 1.29 is 13.5 Å². The summed E-state index contributed by atoms with van der Waals surface area (Å²) in [6.45, 7) is -1.14. The molecular formula is C26H22F2N4O2S. The Balaban J connectivity index is 1.63. The van der Waals surface area contributed by atoms with Gasteiger partial charge in [0.1, 0.15) is 5.75 Å². The van der Waals surface area contributed by atoms with Crippen LogP contribution in [0.5, 0.6) is 5.75 Å². The third-order valence-electron chi connectivity index (χ3n) is 6.42. The lowest BCUT2D eigenvalue weighted by Crippen LogP contribution is -2.22. The van der Waals surface area contributed by atoms with Crippen LogP contribution in [0, 0.1) is 6.92 Å². The number of rotatable bonds is 5. The van der Waals surface area contributed by atoms with Crippen LogP contribution in [0.2, 0.25) is 0 Å². The van der Waals surface area contributed by atoms with E-state index in [9.17, 15) is 13.6 Å². The van der Waals surface area contributed by atoms with E-state index in [4.69, 9.17) is 5.73 Å². The highest BCUT2D eigenvalue weighted by atomic mass is 32.1. The zero-order chi connectivity index (χ0) is 24.4. The van der Waals surface area contributed by atoms with Crippen LogP contribution in [0.3, 0.4) is 0 Å². The molecule has 1 fully saturated rings. The van der Waals surface area contributed by atoms with Gasteiger partial charge in [-0.25, -0.2) is 0 Å². The molecule has 6 rings (SSSR count). The third-order valence-corrected chi connectivity index (χ3v) is 7.75. The highest BCUT2D eigenvalue weighted by Gasteiger charge is 2.28. The Labute approximate surface area is 203 Å². The number of pyridine rings is 1. The van der Waals surface area contributed by atoms with E-state index in [1.807, 2.05) is 37.5 Å². The molecule has 0 unspecified atom stereocenters. The third kappa shape index (κ3) is 3.67. The van der Waals surface area contributed by atoms with E-state index < -0.39 is 6.61 Å². The quantitative estimate of drug-likeness (QED) is 0.328. The van der Waals surface area contributed by atoms with Crippen molar-refractivity contribution in [1.82, 2.24) is 14.3 Å². The van der Waals surface area contributed by atoms with Gasteiger partial charge in [0, 0.05) is 23.5 Å². The molecule has 1 aliphatic rings. The van der Waals surface area contributed by atoms with Crippen molar-refractivity contribution in [3.8, 4) is 22.6 Å². The zero-order valence-corrected chi connectivity index (χ0v) is 19.9. The predicted molar refractivity (Wildman–Crippen MR) is 135 cm³/mol. The van der Waals surface area contributed by atoms with Gasteiger partial charge < -0.3 is 10.5 Å². The minimum atomic E-state index is -2.92. The number of benzene rings is 2. The Morgan fingerprint density at radius 2 is 1.97 bits per heavy atom. The summed E-state index contributed by atoms with van der Waals surface area (Å²) >= 11 is 1.62. The molecule has 2 N–H and O–H groups in total. The highest BCUT2D eigenvalue weighted by molar-refractivity contribution is 7.19. The van der Waals surface area contributed by atoms with Crippen LogP contribution < -0.4 is 16.0 Å². The van der Waals surface area contributed by atoms with Crippen molar-refractivity contribution in [2.24, 2.45) is 7.05 Å². The zero-order valence-electron chi connectivity index (χ0n) is 19.1. The van der Waals surface area contributed by atoms with E-state index >= 15 is 0 Å². The number of alkyl halides is 2. The largest absolute Gasteiger partial charge is 0.435 e. The van der Waals surface area contributed by atoms with Crippen molar-refractivity contribution in [2.75, 3.05) is 5.73 Å². The van der Waals surface area contributed by atoms with Crippen LogP contribution in [-0.4, -0.2) is 21.0 Å². The number of anilines is 1. The molecule has 9 heteroatoms.